The number of carbonyl (C=O) groups is 1. The third-order valence-corrected chi connectivity index (χ3v) is 7.24. The molecule has 1 unspecified atom stereocenters. The standard InChI is InChI=1S/C19H26N4OS2/c1-21(12-14-5-8-26-13-14)15-3-4-17-16(11-15)18(20-22(17)2)19(24)23-6-9-25-10-7-23/h5,8,13,15H,3-4,6-7,9-12H2,1-2H3. The van der Waals surface area contributed by atoms with Gasteiger partial charge in [0.25, 0.3) is 5.91 Å². The molecule has 140 valence electrons. The Kier molecular flexibility index (Phi) is 5.38. The van der Waals surface area contributed by atoms with Gasteiger partial charge in [0.2, 0.25) is 0 Å². The van der Waals surface area contributed by atoms with Crippen LogP contribution < -0.4 is 0 Å². The van der Waals surface area contributed by atoms with Gasteiger partial charge in [-0.15, -0.1) is 0 Å². The molecule has 1 saturated heterocycles. The van der Waals surface area contributed by atoms with Gasteiger partial charge >= 0.3 is 0 Å². The van der Waals surface area contributed by atoms with Crippen molar-refractivity contribution >= 4 is 29.0 Å². The first kappa shape index (κ1) is 18.1. The number of likely N-dealkylation sites (N-methyl/N-ethyl adjacent to an activating group) is 1. The number of fused-ring (bicyclic) bond motifs is 1. The van der Waals surface area contributed by atoms with Crippen LogP contribution >= 0.6 is 23.1 Å². The van der Waals surface area contributed by atoms with Gasteiger partial charge in [-0.25, -0.2) is 0 Å². The molecule has 1 atom stereocenters. The van der Waals surface area contributed by atoms with Crippen LogP contribution in [0.3, 0.4) is 0 Å². The summed E-state index contributed by atoms with van der Waals surface area (Å²) in [5.74, 6) is 2.20. The summed E-state index contributed by atoms with van der Waals surface area (Å²) < 4.78 is 1.94. The van der Waals surface area contributed by atoms with E-state index >= 15 is 0 Å². The number of thiophene rings is 1. The first-order valence-electron chi connectivity index (χ1n) is 9.26. The molecule has 2 aromatic heterocycles. The van der Waals surface area contributed by atoms with Crippen LogP contribution in [0, 0.1) is 0 Å². The van der Waals surface area contributed by atoms with E-state index in [0.717, 1.165) is 50.4 Å². The molecule has 4 rings (SSSR count). The van der Waals surface area contributed by atoms with Crippen LogP contribution in [0.15, 0.2) is 16.8 Å². The van der Waals surface area contributed by atoms with E-state index in [1.165, 1.54) is 16.8 Å². The van der Waals surface area contributed by atoms with E-state index in [1.54, 1.807) is 11.3 Å². The number of carbonyl (C=O) groups excluding carboxylic acids is 1. The molecule has 1 aliphatic heterocycles. The normalized spacial score (nSPS) is 20.4. The van der Waals surface area contributed by atoms with Crippen molar-refractivity contribution in [2.45, 2.75) is 31.8 Å². The molecular weight excluding hydrogens is 364 g/mol. The Balaban J connectivity index is 1.52. The Morgan fingerprint density at radius 2 is 2.19 bits per heavy atom. The van der Waals surface area contributed by atoms with Gasteiger partial charge in [0.15, 0.2) is 5.69 Å². The number of hydrogen-bond donors (Lipinski definition) is 0. The molecule has 2 aliphatic rings. The molecule has 0 radical (unpaired) electrons. The number of aryl methyl sites for hydroxylation is 1. The maximum Gasteiger partial charge on any atom is 0.274 e. The Labute approximate surface area is 163 Å². The van der Waals surface area contributed by atoms with Crippen LogP contribution in [0.1, 0.15) is 33.7 Å². The summed E-state index contributed by atoms with van der Waals surface area (Å²) in [6.07, 6.45) is 3.05. The zero-order valence-corrected chi connectivity index (χ0v) is 17.1. The predicted molar refractivity (Wildman–Crippen MR) is 108 cm³/mol. The monoisotopic (exact) mass is 390 g/mol. The molecule has 2 aromatic rings. The van der Waals surface area contributed by atoms with Crippen LogP contribution in [0.25, 0.3) is 0 Å². The van der Waals surface area contributed by atoms with Crippen LogP contribution in [-0.2, 0) is 26.4 Å². The molecule has 7 heteroatoms. The number of hydrogen-bond acceptors (Lipinski definition) is 5. The molecule has 0 bridgehead atoms. The topological polar surface area (TPSA) is 41.4 Å². The van der Waals surface area contributed by atoms with Crippen LogP contribution in [0.5, 0.6) is 0 Å². The Morgan fingerprint density at radius 1 is 1.38 bits per heavy atom. The van der Waals surface area contributed by atoms with Crippen LogP contribution in [-0.4, -0.2) is 63.2 Å². The quantitative estimate of drug-likeness (QED) is 0.805. The molecule has 26 heavy (non-hydrogen) atoms. The lowest BCUT2D eigenvalue weighted by Crippen LogP contribution is -2.40. The Morgan fingerprint density at radius 3 is 2.92 bits per heavy atom. The van der Waals surface area contributed by atoms with E-state index in [4.69, 9.17) is 0 Å². The van der Waals surface area contributed by atoms with Gasteiger partial charge in [-0.05, 0) is 48.7 Å². The fourth-order valence-electron chi connectivity index (χ4n) is 4.03. The second-order valence-corrected chi connectivity index (χ2v) is 9.25. The summed E-state index contributed by atoms with van der Waals surface area (Å²) in [6.45, 7) is 2.66. The highest BCUT2D eigenvalue weighted by Crippen LogP contribution is 2.28. The van der Waals surface area contributed by atoms with E-state index in [1.807, 2.05) is 28.4 Å². The van der Waals surface area contributed by atoms with Crippen molar-refractivity contribution in [1.29, 1.82) is 0 Å². The average Bonchev–Trinajstić information content (AvgIpc) is 3.29. The molecular formula is C19H26N4OS2. The number of thioether (sulfide) groups is 1. The summed E-state index contributed by atoms with van der Waals surface area (Å²) >= 11 is 3.68. The Bertz CT molecular complexity index is 765. The minimum Gasteiger partial charge on any atom is -0.336 e. The minimum absolute atomic E-state index is 0.128. The van der Waals surface area contributed by atoms with Crippen molar-refractivity contribution < 1.29 is 4.79 Å². The van der Waals surface area contributed by atoms with E-state index in [2.05, 4.69) is 33.9 Å². The van der Waals surface area contributed by atoms with Crippen molar-refractivity contribution in [3.63, 3.8) is 0 Å². The summed E-state index contributed by atoms with van der Waals surface area (Å²) in [7, 11) is 4.18. The lowest BCUT2D eigenvalue weighted by atomic mass is 9.90. The first-order valence-corrected chi connectivity index (χ1v) is 11.4. The fraction of sp³-hybridized carbons (Fsp3) is 0.579. The maximum absolute atomic E-state index is 13.0. The van der Waals surface area contributed by atoms with Gasteiger partial charge in [0.1, 0.15) is 0 Å². The largest absolute Gasteiger partial charge is 0.336 e. The van der Waals surface area contributed by atoms with E-state index < -0.39 is 0 Å². The third-order valence-electron chi connectivity index (χ3n) is 5.57. The maximum atomic E-state index is 13.0. The lowest BCUT2D eigenvalue weighted by molar-refractivity contribution is 0.0763. The molecule has 0 N–H and O–H groups in total. The van der Waals surface area contributed by atoms with Crippen molar-refractivity contribution in [1.82, 2.24) is 19.6 Å². The van der Waals surface area contributed by atoms with Gasteiger partial charge in [-0.1, -0.05) is 0 Å². The zero-order valence-electron chi connectivity index (χ0n) is 15.5. The summed E-state index contributed by atoms with van der Waals surface area (Å²) in [6, 6.07) is 2.66. The number of aromatic nitrogens is 2. The van der Waals surface area contributed by atoms with Gasteiger partial charge in [-0.2, -0.15) is 28.2 Å². The van der Waals surface area contributed by atoms with Gasteiger partial charge in [0.05, 0.1) is 0 Å². The molecule has 1 fully saturated rings. The van der Waals surface area contributed by atoms with Crippen molar-refractivity contribution in [2.75, 3.05) is 31.6 Å². The van der Waals surface area contributed by atoms with Crippen molar-refractivity contribution in [2.24, 2.45) is 7.05 Å². The molecule has 0 saturated carbocycles. The molecule has 5 nitrogen and oxygen atoms in total. The number of nitrogens with zero attached hydrogens (tertiary/aromatic N) is 4. The van der Waals surface area contributed by atoms with E-state index in [-0.39, 0.29) is 5.91 Å². The van der Waals surface area contributed by atoms with Gasteiger partial charge in [0, 0.05) is 55.5 Å². The second kappa shape index (κ2) is 7.74. The predicted octanol–water partition coefficient (Wildman–Crippen LogP) is 2.66. The van der Waals surface area contributed by atoms with Crippen LogP contribution in [0.2, 0.25) is 0 Å². The smallest absolute Gasteiger partial charge is 0.274 e. The second-order valence-electron chi connectivity index (χ2n) is 7.25. The van der Waals surface area contributed by atoms with Crippen molar-refractivity contribution in [3.05, 3.63) is 39.3 Å². The lowest BCUT2D eigenvalue weighted by Gasteiger charge is -2.32. The molecule has 0 spiro atoms. The highest BCUT2D eigenvalue weighted by Gasteiger charge is 2.32. The summed E-state index contributed by atoms with van der Waals surface area (Å²) in [4.78, 5) is 17.5. The van der Waals surface area contributed by atoms with E-state index in [0.29, 0.717) is 11.7 Å². The summed E-state index contributed by atoms with van der Waals surface area (Å²) in [5, 5.41) is 8.99. The SMILES string of the molecule is CN(Cc1ccsc1)C1CCc2c(c(C(=O)N3CCSCC3)nn2C)C1. The first-order chi connectivity index (χ1) is 12.6. The number of rotatable bonds is 4. The van der Waals surface area contributed by atoms with Gasteiger partial charge < -0.3 is 4.90 Å². The van der Waals surface area contributed by atoms with Gasteiger partial charge in [-0.3, -0.25) is 14.4 Å². The highest BCUT2D eigenvalue weighted by molar-refractivity contribution is 7.99. The van der Waals surface area contributed by atoms with Crippen molar-refractivity contribution in [3.8, 4) is 0 Å². The number of amides is 1. The third kappa shape index (κ3) is 3.57. The highest BCUT2D eigenvalue weighted by atomic mass is 32.2. The average molecular weight is 391 g/mol. The molecule has 1 aliphatic carbocycles. The van der Waals surface area contributed by atoms with E-state index in [9.17, 15) is 4.79 Å². The molecule has 0 aromatic carbocycles. The minimum atomic E-state index is 0.128. The molecule has 1 amide bonds. The summed E-state index contributed by atoms with van der Waals surface area (Å²) in [5.41, 5.74) is 4.50. The fourth-order valence-corrected chi connectivity index (χ4v) is 5.60. The zero-order chi connectivity index (χ0) is 18.1. The van der Waals surface area contributed by atoms with Crippen LogP contribution in [0.4, 0.5) is 0 Å². The Hall–Kier alpha value is -1.31. The molecule has 3 heterocycles.